The lowest BCUT2D eigenvalue weighted by atomic mass is 9.84. The summed E-state index contributed by atoms with van der Waals surface area (Å²) < 4.78 is 1.72. The van der Waals surface area contributed by atoms with Crippen LogP contribution in [0, 0.1) is 17.8 Å². The predicted molar refractivity (Wildman–Crippen MR) is 93.6 cm³/mol. The molecule has 4 atom stereocenters. The van der Waals surface area contributed by atoms with Gasteiger partial charge in [0.2, 0.25) is 5.91 Å². The second-order valence-electron chi connectivity index (χ2n) is 7.17. The normalized spacial score (nSPS) is 26.8. The van der Waals surface area contributed by atoms with Gasteiger partial charge in [-0.2, -0.15) is 5.10 Å². The maximum atomic E-state index is 12.3. The standard InChI is InChI=1S/C17H23N5OS/c1-10(13-6-11-3-4-12(13)5-11)21-15(23)8-24-17-14-7-20-22(2)16(14)18-9-19-17/h7,9-13H,3-6,8H2,1-2H3,(H,21,23). The maximum absolute atomic E-state index is 12.3. The molecule has 2 aromatic rings. The summed E-state index contributed by atoms with van der Waals surface area (Å²) in [5.74, 6) is 2.88. The molecule has 1 amide bonds. The van der Waals surface area contributed by atoms with E-state index in [0.717, 1.165) is 27.9 Å². The van der Waals surface area contributed by atoms with Crippen molar-refractivity contribution in [3.05, 3.63) is 12.5 Å². The highest BCUT2D eigenvalue weighted by atomic mass is 32.2. The zero-order chi connectivity index (χ0) is 16.7. The summed E-state index contributed by atoms with van der Waals surface area (Å²) in [5.41, 5.74) is 0.795. The molecule has 2 aliphatic carbocycles. The largest absolute Gasteiger partial charge is 0.353 e. The molecule has 2 aromatic heterocycles. The van der Waals surface area contributed by atoms with Crippen molar-refractivity contribution in [3.63, 3.8) is 0 Å². The first-order chi connectivity index (χ1) is 11.6. The SMILES string of the molecule is CC(NC(=O)CSc1ncnc2c1cnn2C)C1CC2CCC1C2. The van der Waals surface area contributed by atoms with Crippen LogP contribution in [0.1, 0.15) is 32.6 Å². The second kappa shape index (κ2) is 6.35. The number of nitrogens with zero attached hydrogens (tertiary/aromatic N) is 4. The molecule has 0 saturated heterocycles. The number of aromatic nitrogens is 4. The Morgan fingerprint density at radius 3 is 3.04 bits per heavy atom. The fraction of sp³-hybridized carbons (Fsp3) is 0.647. The highest BCUT2D eigenvalue weighted by molar-refractivity contribution is 8.00. The fourth-order valence-electron chi connectivity index (χ4n) is 4.50. The van der Waals surface area contributed by atoms with Crippen LogP contribution in [-0.4, -0.2) is 37.5 Å². The number of thioether (sulfide) groups is 1. The molecule has 1 N–H and O–H groups in total. The number of rotatable bonds is 5. The van der Waals surface area contributed by atoms with E-state index in [9.17, 15) is 4.79 Å². The summed E-state index contributed by atoms with van der Waals surface area (Å²) in [6.45, 7) is 2.16. The lowest BCUT2D eigenvalue weighted by molar-refractivity contribution is -0.119. The van der Waals surface area contributed by atoms with Gasteiger partial charge in [-0.15, -0.1) is 0 Å². The number of fused-ring (bicyclic) bond motifs is 3. The molecule has 0 spiro atoms. The van der Waals surface area contributed by atoms with Gasteiger partial charge in [-0.25, -0.2) is 9.97 Å². The Bertz CT molecular complexity index is 761. The average molecular weight is 345 g/mol. The summed E-state index contributed by atoms with van der Waals surface area (Å²) in [5, 5.41) is 9.13. The molecule has 2 saturated carbocycles. The van der Waals surface area contributed by atoms with Crippen LogP contribution in [0.3, 0.4) is 0 Å². The zero-order valence-corrected chi connectivity index (χ0v) is 14.9. The van der Waals surface area contributed by atoms with Crippen molar-refractivity contribution >= 4 is 28.7 Å². The highest BCUT2D eigenvalue weighted by Crippen LogP contribution is 2.49. The van der Waals surface area contributed by atoms with Crippen molar-refractivity contribution in [2.24, 2.45) is 24.8 Å². The van der Waals surface area contributed by atoms with Gasteiger partial charge in [0.25, 0.3) is 0 Å². The van der Waals surface area contributed by atoms with Gasteiger partial charge in [-0.05, 0) is 43.9 Å². The molecule has 4 rings (SSSR count). The summed E-state index contributed by atoms with van der Waals surface area (Å²) >= 11 is 1.45. The molecular weight excluding hydrogens is 322 g/mol. The van der Waals surface area contributed by atoms with Gasteiger partial charge in [0.15, 0.2) is 5.65 Å². The van der Waals surface area contributed by atoms with E-state index in [1.165, 1.54) is 43.8 Å². The second-order valence-corrected chi connectivity index (χ2v) is 8.13. The van der Waals surface area contributed by atoms with Crippen LogP contribution in [0.15, 0.2) is 17.6 Å². The van der Waals surface area contributed by atoms with Crippen molar-refractivity contribution in [3.8, 4) is 0 Å². The van der Waals surface area contributed by atoms with Crippen molar-refractivity contribution in [1.29, 1.82) is 0 Å². The molecular formula is C17H23N5OS. The van der Waals surface area contributed by atoms with E-state index in [2.05, 4.69) is 27.3 Å². The van der Waals surface area contributed by atoms with Gasteiger partial charge >= 0.3 is 0 Å². The van der Waals surface area contributed by atoms with Crippen LogP contribution in [0.2, 0.25) is 0 Å². The quantitative estimate of drug-likeness (QED) is 0.665. The number of hydrogen-bond donors (Lipinski definition) is 1. The molecule has 2 bridgehead atoms. The van der Waals surface area contributed by atoms with Crippen molar-refractivity contribution < 1.29 is 4.79 Å². The number of amides is 1. The molecule has 2 fully saturated rings. The van der Waals surface area contributed by atoms with E-state index in [0.29, 0.717) is 11.7 Å². The van der Waals surface area contributed by atoms with Crippen LogP contribution in [0.25, 0.3) is 11.0 Å². The van der Waals surface area contributed by atoms with Gasteiger partial charge in [-0.3, -0.25) is 9.48 Å². The third-order valence-corrected chi connectivity index (χ3v) is 6.66. The van der Waals surface area contributed by atoms with Crippen LogP contribution in [0.5, 0.6) is 0 Å². The minimum atomic E-state index is 0.0888. The van der Waals surface area contributed by atoms with Crippen LogP contribution >= 0.6 is 11.8 Å². The Labute approximate surface area is 145 Å². The Balaban J connectivity index is 1.34. The molecule has 128 valence electrons. The van der Waals surface area contributed by atoms with Crippen molar-refractivity contribution in [2.75, 3.05) is 5.75 Å². The van der Waals surface area contributed by atoms with Gasteiger partial charge in [0.05, 0.1) is 17.3 Å². The molecule has 4 unspecified atom stereocenters. The van der Waals surface area contributed by atoms with Crippen LogP contribution < -0.4 is 5.32 Å². The lowest BCUT2D eigenvalue weighted by Gasteiger charge is -2.28. The van der Waals surface area contributed by atoms with Crippen molar-refractivity contribution in [2.45, 2.75) is 43.7 Å². The monoisotopic (exact) mass is 345 g/mol. The van der Waals surface area contributed by atoms with Gasteiger partial charge < -0.3 is 5.32 Å². The first-order valence-corrected chi connectivity index (χ1v) is 9.65. The average Bonchev–Trinajstić information content (AvgIpc) is 3.29. The topological polar surface area (TPSA) is 72.7 Å². The minimum Gasteiger partial charge on any atom is -0.353 e. The third-order valence-electron chi connectivity index (χ3n) is 5.66. The van der Waals surface area contributed by atoms with E-state index in [4.69, 9.17) is 0 Å². The number of hydrogen-bond acceptors (Lipinski definition) is 5. The molecule has 2 heterocycles. The molecule has 24 heavy (non-hydrogen) atoms. The summed E-state index contributed by atoms with van der Waals surface area (Å²) in [4.78, 5) is 20.9. The number of nitrogens with one attached hydrogen (secondary N) is 1. The molecule has 0 radical (unpaired) electrons. The Kier molecular flexibility index (Phi) is 4.20. The first-order valence-electron chi connectivity index (χ1n) is 8.66. The zero-order valence-electron chi connectivity index (χ0n) is 14.1. The van der Waals surface area contributed by atoms with E-state index in [-0.39, 0.29) is 11.9 Å². The van der Waals surface area contributed by atoms with E-state index < -0.39 is 0 Å². The maximum Gasteiger partial charge on any atom is 0.230 e. The number of aryl methyl sites for hydroxylation is 1. The first kappa shape index (κ1) is 15.9. The summed E-state index contributed by atoms with van der Waals surface area (Å²) in [6, 6.07) is 0.275. The molecule has 7 heteroatoms. The van der Waals surface area contributed by atoms with E-state index in [1.54, 1.807) is 10.9 Å². The Morgan fingerprint density at radius 1 is 1.42 bits per heavy atom. The van der Waals surface area contributed by atoms with E-state index in [1.807, 2.05) is 7.05 Å². The lowest BCUT2D eigenvalue weighted by Crippen LogP contribution is -2.40. The highest BCUT2D eigenvalue weighted by Gasteiger charge is 2.42. The van der Waals surface area contributed by atoms with Gasteiger partial charge in [0.1, 0.15) is 11.4 Å². The third kappa shape index (κ3) is 2.90. The van der Waals surface area contributed by atoms with Crippen molar-refractivity contribution in [1.82, 2.24) is 25.1 Å². The minimum absolute atomic E-state index is 0.0888. The Morgan fingerprint density at radius 2 is 2.29 bits per heavy atom. The predicted octanol–water partition coefficient (Wildman–Crippen LogP) is 2.40. The molecule has 0 aliphatic heterocycles. The molecule has 0 aromatic carbocycles. The Hall–Kier alpha value is -1.63. The molecule has 6 nitrogen and oxygen atoms in total. The van der Waals surface area contributed by atoms with Crippen LogP contribution in [0.4, 0.5) is 0 Å². The fourth-order valence-corrected chi connectivity index (χ4v) is 5.27. The number of carbonyl (C=O) groups is 1. The number of carbonyl (C=O) groups excluding carboxylic acids is 1. The molecule has 2 aliphatic rings. The van der Waals surface area contributed by atoms with Gasteiger partial charge in [-0.1, -0.05) is 18.2 Å². The summed E-state index contributed by atoms with van der Waals surface area (Å²) in [6.07, 6.45) is 8.70. The van der Waals surface area contributed by atoms with Crippen LogP contribution in [-0.2, 0) is 11.8 Å². The summed E-state index contributed by atoms with van der Waals surface area (Å²) in [7, 11) is 1.85. The van der Waals surface area contributed by atoms with E-state index >= 15 is 0 Å². The smallest absolute Gasteiger partial charge is 0.230 e. The van der Waals surface area contributed by atoms with Gasteiger partial charge in [0, 0.05) is 13.1 Å².